The van der Waals surface area contributed by atoms with Crippen LogP contribution in [0.25, 0.3) is 11.0 Å². The first-order chi connectivity index (χ1) is 18.5. The molecule has 1 radical (unpaired) electrons. The predicted octanol–water partition coefficient (Wildman–Crippen LogP) is 2.78. The Bertz CT molecular complexity index is 1230. The van der Waals surface area contributed by atoms with Crippen molar-refractivity contribution >= 4 is 65.4 Å². The molecule has 9 nitrogen and oxygen atoms in total. The van der Waals surface area contributed by atoms with Crippen LogP contribution in [0.15, 0.2) is 48.8 Å². The van der Waals surface area contributed by atoms with E-state index < -0.39 is 0 Å². The van der Waals surface area contributed by atoms with Crippen LogP contribution in [-0.2, 0) is 41.0 Å². The van der Waals surface area contributed by atoms with Crippen LogP contribution in [0.3, 0.4) is 0 Å². The molecule has 1 unspecified atom stereocenters. The van der Waals surface area contributed by atoms with Crippen LogP contribution in [0.4, 0.5) is 5.69 Å². The van der Waals surface area contributed by atoms with Gasteiger partial charge in [-0.3, -0.25) is 9.59 Å². The Labute approximate surface area is 257 Å². The third kappa shape index (κ3) is 8.77. The minimum Gasteiger partial charge on any atom is -0.491 e. The fourth-order valence-electron chi connectivity index (χ4n) is 4.32. The van der Waals surface area contributed by atoms with Gasteiger partial charge in [-0.25, -0.2) is 4.98 Å². The number of carbonyl (C=O) groups excluding carboxylic acids is 2. The van der Waals surface area contributed by atoms with Crippen LogP contribution in [0.1, 0.15) is 0 Å². The van der Waals surface area contributed by atoms with Crippen molar-refractivity contribution in [3.8, 4) is 5.75 Å². The van der Waals surface area contributed by atoms with E-state index in [1.807, 2.05) is 35.0 Å². The second kappa shape index (κ2) is 15.7. The van der Waals surface area contributed by atoms with Crippen LogP contribution < -0.4 is 15.0 Å². The van der Waals surface area contributed by atoms with E-state index in [1.54, 1.807) is 18.3 Å². The molecular weight excluding hydrogens is 645 g/mol. The molecule has 13 heteroatoms. The number of hydrogen-bond donors (Lipinski definition) is 3. The number of carbonyl (C=O) groups is 2. The van der Waals surface area contributed by atoms with Crippen molar-refractivity contribution in [3.05, 3.63) is 53.8 Å². The maximum atomic E-state index is 13.2. The molecule has 2 aromatic heterocycles. The molecule has 3 aromatic rings. The summed E-state index contributed by atoms with van der Waals surface area (Å²) in [5.74, 6) is 1.33. The molecule has 4 rings (SSSR count). The Balaban J connectivity index is 0.00000420. The Morgan fingerprint density at radius 2 is 2.00 bits per heavy atom. The number of nitrogens with zero attached hydrogens (tertiary/aromatic N) is 4. The number of rotatable bonds is 12. The van der Waals surface area contributed by atoms with E-state index in [-0.39, 0.29) is 51.1 Å². The maximum absolute atomic E-state index is 13.2. The van der Waals surface area contributed by atoms with Gasteiger partial charge in [0.25, 0.3) is 0 Å². The molecule has 1 aliphatic rings. The van der Waals surface area contributed by atoms with E-state index in [0.717, 1.165) is 16.8 Å². The fourth-order valence-corrected chi connectivity index (χ4v) is 4.80. The number of morpholine rings is 1. The molecule has 1 aromatic carbocycles. The SMILES string of the molecule is O=C(CN(CCS)C(=O)Cn1cc(N2CCOC(COc3ccc(Cl)cc3)C2)c2cccnc21)NCCS.[99Tc]. The van der Waals surface area contributed by atoms with Gasteiger partial charge in [0.05, 0.1) is 18.8 Å². The van der Waals surface area contributed by atoms with Gasteiger partial charge in [0.15, 0.2) is 0 Å². The van der Waals surface area contributed by atoms with Gasteiger partial charge in [-0.05, 0) is 36.4 Å². The number of anilines is 1. The van der Waals surface area contributed by atoms with Gasteiger partial charge in [-0.2, -0.15) is 25.3 Å². The predicted molar refractivity (Wildman–Crippen MR) is 156 cm³/mol. The summed E-state index contributed by atoms with van der Waals surface area (Å²) < 4.78 is 13.7. The third-order valence-electron chi connectivity index (χ3n) is 6.14. The maximum Gasteiger partial charge on any atom is 0.243 e. The van der Waals surface area contributed by atoms with E-state index in [2.05, 4.69) is 40.5 Å². The van der Waals surface area contributed by atoms with Crippen molar-refractivity contribution in [2.45, 2.75) is 12.6 Å². The van der Waals surface area contributed by atoms with Crippen molar-refractivity contribution < 1.29 is 39.2 Å². The Hall–Kier alpha value is -1.95. The van der Waals surface area contributed by atoms with Gasteiger partial charge in [-0.15, -0.1) is 0 Å². The van der Waals surface area contributed by atoms with Crippen molar-refractivity contribution in [2.75, 3.05) is 62.3 Å². The number of ether oxygens (including phenoxy) is 2. The Morgan fingerprint density at radius 3 is 2.74 bits per heavy atom. The third-order valence-corrected chi connectivity index (χ3v) is 6.81. The van der Waals surface area contributed by atoms with Gasteiger partial charge in [0, 0.05) is 80.6 Å². The Kier molecular flexibility index (Phi) is 12.7. The van der Waals surface area contributed by atoms with Gasteiger partial charge in [0.1, 0.15) is 30.7 Å². The van der Waals surface area contributed by atoms with Crippen molar-refractivity contribution in [1.82, 2.24) is 19.8 Å². The first-order valence-corrected chi connectivity index (χ1v) is 14.1. The summed E-state index contributed by atoms with van der Waals surface area (Å²) in [6.07, 6.45) is 3.54. The molecule has 1 saturated heterocycles. The number of halogens is 1. The molecule has 211 valence electrons. The zero-order valence-electron chi connectivity index (χ0n) is 21.3. The number of benzene rings is 1. The summed E-state index contributed by atoms with van der Waals surface area (Å²) in [4.78, 5) is 33.8. The number of pyridine rings is 1. The molecule has 1 atom stereocenters. The van der Waals surface area contributed by atoms with E-state index in [1.165, 1.54) is 4.90 Å². The standard InChI is InChI=1S/C26H32ClN5O4S2.Tc/c27-19-3-5-20(6-4-19)36-18-21-14-30(9-11-35-21)23-15-32(26-22(23)2-1-7-29-26)17-25(34)31(10-13-38)16-24(33)28-8-12-37;/h1-7,15,21,37-38H,8-14,16-18H2,(H,28,33);/i;1+1. The smallest absolute Gasteiger partial charge is 0.243 e. The molecule has 0 bridgehead atoms. The zero-order chi connectivity index (χ0) is 26.9. The van der Waals surface area contributed by atoms with Crippen molar-refractivity contribution in [3.63, 3.8) is 0 Å². The molecule has 39 heavy (non-hydrogen) atoms. The molecular formula is C26H32ClN5O4S2Tc. The molecule has 3 heterocycles. The first kappa shape index (κ1) is 31.6. The molecule has 0 aliphatic carbocycles. The summed E-state index contributed by atoms with van der Waals surface area (Å²) in [6.45, 7) is 3.16. The molecule has 1 N–H and O–H groups in total. The second-order valence-electron chi connectivity index (χ2n) is 8.83. The largest absolute Gasteiger partial charge is 0.491 e. The van der Waals surface area contributed by atoms with Crippen molar-refractivity contribution in [1.29, 1.82) is 0 Å². The summed E-state index contributed by atoms with van der Waals surface area (Å²) in [7, 11) is 0. The molecule has 0 spiro atoms. The monoisotopic (exact) mass is 676 g/mol. The summed E-state index contributed by atoms with van der Waals surface area (Å²) >= 11 is 14.3. The van der Waals surface area contributed by atoms with Gasteiger partial charge >= 0.3 is 0 Å². The summed E-state index contributed by atoms with van der Waals surface area (Å²) in [5, 5.41) is 4.37. The van der Waals surface area contributed by atoms with Crippen LogP contribution >= 0.6 is 36.9 Å². The molecule has 0 saturated carbocycles. The van der Waals surface area contributed by atoms with Crippen LogP contribution in [0, 0.1) is 0 Å². The fraction of sp³-hybridized carbons (Fsp3) is 0.423. The summed E-state index contributed by atoms with van der Waals surface area (Å²) in [6, 6.07) is 11.1. The van der Waals surface area contributed by atoms with Gasteiger partial charge in [0.2, 0.25) is 11.8 Å². The number of aromatic nitrogens is 2. The number of amides is 2. The number of thiol groups is 2. The number of fused-ring (bicyclic) bond motifs is 1. The molecule has 1 fully saturated rings. The quantitative estimate of drug-likeness (QED) is 0.256. The molecule has 1 aliphatic heterocycles. The number of nitrogens with one attached hydrogen (secondary N) is 1. The van der Waals surface area contributed by atoms with Gasteiger partial charge < -0.3 is 29.2 Å². The number of hydrogen-bond acceptors (Lipinski definition) is 8. The average Bonchev–Trinajstić information content (AvgIpc) is 3.30. The minimum atomic E-state index is -0.217. The van der Waals surface area contributed by atoms with Gasteiger partial charge in [-0.1, -0.05) is 11.6 Å². The molecule has 2 amide bonds. The van der Waals surface area contributed by atoms with E-state index in [9.17, 15) is 9.59 Å². The van der Waals surface area contributed by atoms with E-state index >= 15 is 0 Å². The first-order valence-electron chi connectivity index (χ1n) is 12.4. The van der Waals surface area contributed by atoms with Crippen LogP contribution in [-0.4, -0.2) is 89.8 Å². The topological polar surface area (TPSA) is 88.9 Å². The summed E-state index contributed by atoms with van der Waals surface area (Å²) in [5.41, 5.74) is 1.69. The van der Waals surface area contributed by atoms with E-state index in [0.29, 0.717) is 61.6 Å². The average molecular weight is 677 g/mol. The van der Waals surface area contributed by atoms with Crippen LogP contribution in [0.2, 0.25) is 5.02 Å². The Morgan fingerprint density at radius 1 is 1.21 bits per heavy atom. The zero-order valence-corrected chi connectivity index (χ0v) is 25.7. The van der Waals surface area contributed by atoms with Crippen LogP contribution in [0.5, 0.6) is 5.75 Å². The van der Waals surface area contributed by atoms with E-state index in [4.69, 9.17) is 21.1 Å². The normalized spacial score (nSPS) is 15.1. The van der Waals surface area contributed by atoms with Crippen molar-refractivity contribution in [2.24, 2.45) is 0 Å². The second-order valence-corrected chi connectivity index (χ2v) is 10.2. The minimum absolute atomic E-state index is 0.